The Bertz CT molecular complexity index is 362. The summed E-state index contributed by atoms with van der Waals surface area (Å²) in [4.78, 5) is 0. The van der Waals surface area contributed by atoms with E-state index in [9.17, 15) is 8.78 Å². The summed E-state index contributed by atoms with van der Waals surface area (Å²) in [6, 6.07) is 4.05. The predicted octanol–water partition coefficient (Wildman–Crippen LogP) is 2.11. The van der Waals surface area contributed by atoms with Gasteiger partial charge in [0.25, 0.3) is 0 Å². The standard InChI is InChI=1S/C12H16F2N2/c13-10-4-3-8(6-11(10)14)12(15)7-9-2-1-5-16-9/h3-4,6,9,12,16H,1-2,5,7,15H2. The van der Waals surface area contributed by atoms with Crippen LogP contribution >= 0.6 is 0 Å². The Balaban J connectivity index is 2.02. The molecule has 0 saturated carbocycles. The van der Waals surface area contributed by atoms with Gasteiger partial charge in [-0.15, -0.1) is 0 Å². The molecule has 0 amide bonds. The van der Waals surface area contributed by atoms with Crippen LogP contribution < -0.4 is 11.1 Å². The Morgan fingerprint density at radius 1 is 1.38 bits per heavy atom. The van der Waals surface area contributed by atoms with Crippen molar-refractivity contribution in [3.63, 3.8) is 0 Å². The first-order chi connectivity index (χ1) is 7.66. The molecule has 2 nitrogen and oxygen atoms in total. The van der Waals surface area contributed by atoms with Crippen molar-refractivity contribution in [2.75, 3.05) is 6.54 Å². The molecule has 0 aromatic heterocycles. The van der Waals surface area contributed by atoms with Gasteiger partial charge < -0.3 is 11.1 Å². The molecule has 1 aliphatic rings. The van der Waals surface area contributed by atoms with Crippen LogP contribution in [0.4, 0.5) is 8.78 Å². The zero-order valence-electron chi connectivity index (χ0n) is 9.05. The second-order valence-electron chi connectivity index (χ2n) is 4.31. The van der Waals surface area contributed by atoms with Crippen molar-refractivity contribution >= 4 is 0 Å². The molecular formula is C12H16F2N2. The normalized spacial score (nSPS) is 22.3. The number of halogens is 2. The second-order valence-corrected chi connectivity index (χ2v) is 4.31. The molecule has 16 heavy (non-hydrogen) atoms. The Morgan fingerprint density at radius 3 is 2.81 bits per heavy atom. The van der Waals surface area contributed by atoms with E-state index >= 15 is 0 Å². The summed E-state index contributed by atoms with van der Waals surface area (Å²) in [7, 11) is 0. The molecule has 4 heteroatoms. The monoisotopic (exact) mass is 226 g/mol. The van der Waals surface area contributed by atoms with E-state index in [1.54, 1.807) is 6.07 Å². The molecule has 2 atom stereocenters. The third-order valence-electron chi connectivity index (χ3n) is 3.07. The Kier molecular flexibility index (Phi) is 3.51. The van der Waals surface area contributed by atoms with Crippen molar-refractivity contribution in [2.24, 2.45) is 5.73 Å². The molecule has 0 radical (unpaired) electrons. The summed E-state index contributed by atoms with van der Waals surface area (Å²) in [6.07, 6.45) is 3.04. The highest BCUT2D eigenvalue weighted by molar-refractivity contribution is 5.21. The van der Waals surface area contributed by atoms with Gasteiger partial charge in [-0.25, -0.2) is 8.78 Å². The molecule has 1 heterocycles. The van der Waals surface area contributed by atoms with E-state index in [0.717, 1.165) is 31.9 Å². The van der Waals surface area contributed by atoms with Crippen LogP contribution in [0.15, 0.2) is 18.2 Å². The molecule has 1 aromatic rings. The zero-order valence-corrected chi connectivity index (χ0v) is 9.05. The number of hydrogen-bond donors (Lipinski definition) is 2. The molecule has 2 rings (SSSR count). The summed E-state index contributed by atoms with van der Waals surface area (Å²) in [5.74, 6) is -1.65. The van der Waals surface area contributed by atoms with Crippen LogP contribution in [-0.4, -0.2) is 12.6 Å². The summed E-state index contributed by atoms with van der Waals surface area (Å²) in [6.45, 7) is 1.02. The molecule has 0 aliphatic carbocycles. The fraction of sp³-hybridized carbons (Fsp3) is 0.500. The number of benzene rings is 1. The van der Waals surface area contributed by atoms with Crippen LogP contribution in [-0.2, 0) is 0 Å². The van der Waals surface area contributed by atoms with Crippen molar-refractivity contribution in [3.05, 3.63) is 35.4 Å². The smallest absolute Gasteiger partial charge is 0.159 e. The fourth-order valence-corrected chi connectivity index (χ4v) is 2.14. The first kappa shape index (κ1) is 11.5. The number of nitrogens with one attached hydrogen (secondary N) is 1. The highest BCUT2D eigenvalue weighted by Crippen LogP contribution is 2.21. The lowest BCUT2D eigenvalue weighted by atomic mass is 9.99. The lowest BCUT2D eigenvalue weighted by Gasteiger charge is -2.17. The Morgan fingerprint density at radius 2 is 2.19 bits per heavy atom. The lowest BCUT2D eigenvalue weighted by molar-refractivity contribution is 0.485. The molecule has 1 aliphatic heterocycles. The van der Waals surface area contributed by atoms with Crippen LogP contribution in [0, 0.1) is 11.6 Å². The maximum absolute atomic E-state index is 13.0. The van der Waals surface area contributed by atoms with E-state index in [-0.39, 0.29) is 6.04 Å². The van der Waals surface area contributed by atoms with Gasteiger partial charge >= 0.3 is 0 Å². The van der Waals surface area contributed by atoms with Crippen LogP contribution in [0.2, 0.25) is 0 Å². The van der Waals surface area contributed by atoms with Crippen LogP contribution in [0.25, 0.3) is 0 Å². The molecule has 1 saturated heterocycles. The lowest BCUT2D eigenvalue weighted by Crippen LogP contribution is -2.26. The third kappa shape index (κ3) is 2.57. The quantitative estimate of drug-likeness (QED) is 0.828. The highest BCUT2D eigenvalue weighted by atomic mass is 19.2. The van der Waals surface area contributed by atoms with Gasteiger partial charge in [-0.2, -0.15) is 0 Å². The minimum absolute atomic E-state index is 0.231. The maximum Gasteiger partial charge on any atom is 0.159 e. The molecule has 3 N–H and O–H groups in total. The van der Waals surface area contributed by atoms with Gasteiger partial charge in [0, 0.05) is 12.1 Å². The Labute approximate surface area is 93.8 Å². The average molecular weight is 226 g/mol. The molecule has 2 unspecified atom stereocenters. The first-order valence-electron chi connectivity index (χ1n) is 5.60. The first-order valence-corrected chi connectivity index (χ1v) is 5.60. The van der Waals surface area contributed by atoms with E-state index in [1.807, 2.05) is 0 Å². The summed E-state index contributed by atoms with van der Waals surface area (Å²) in [5.41, 5.74) is 6.62. The molecule has 0 bridgehead atoms. The summed E-state index contributed by atoms with van der Waals surface area (Å²) >= 11 is 0. The van der Waals surface area contributed by atoms with Gasteiger partial charge in [-0.05, 0) is 43.5 Å². The third-order valence-corrected chi connectivity index (χ3v) is 3.07. The molecule has 88 valence electrons. The van der Waals surface area contributed by atoms with Gasteiger partial charge in [0.15, 0.2) is 11.6 Å². The average Bonchev–Trinajstić information content (AvgIpc) is 2.74. The van der Waals surface area contributed by atoms with E-state index in [2.05, 4.69) is 5.32 Å². The van der Waals surface area contributed by atoms with Crippen molar-refractivity contribution in [1.29, 1.82) is 0 Å². The van der Waals surface area contributed by atoms with Crippen molar-refractivity contribution in [1.82, 2.24) is 5.32 Å². The summed E-state index contributed by atoms with van der Waals surface area (Å²) in [5, 5.41) is 3.34. The van der Waals surface area contributed by atoms with Crippen molar-refractivity contribution < 1.29 is 8.78 Å². The summed E-state index contributed by atoms with van der Waals surface area (Å²) < 4.78 is 25.7. The van der Waals surface area contributed by atoms with Gasteiger partial charge in [0.2, 0.25) is 0 Å². The van der Waals surface area contributed by atoms with Crippen molar-refractivity contribution in [2.45, 2.75) is 31.3 Å². The zero-order chi connectivity index (χ0) is 11.5. The fourth-order valence-electron chi connectivity index (χ4n) is 2.14. The topological polar surface area (TPSA) is 38.0 Å². The molecular weight excluding hydrogens is 210 g/mol. The molecule has 0 spiro atoms. The van der Waals surface area contributed by atoms with E-state index in [0.29, 0.717) is 11.6 Å². The second kappa shape index (κ2) is 4.89. The maximum atomic E-state index is 13.0. The van der Waals surface area contributed by atoms with E-state index < -0.39 is 11.6 Å². The largest absolute Gasteiger partial charge is 0.324 e. The van der Waals surface area contributed by atoms with Crippen molar-refractivity contribution in [3.8, 4) is 0 Å². The van der Waals surface area contributed by atoms with E-state index in [1.165, 1.54) is 6.07 Å². The number of rotatable bonds is 3. The highest BCUT2D eigenvalue weighted by Gasteiger charge is 2.18. The van der Waals surface area contributed by atoms with Gasteiger partial charge in [0.05, 0.1) is 0 Å². The number of hydrogen-bond acceptors (Lipinski definition) is 2. The minimum atomic E-state index is -0.827. The van der Waals surface area contributed by atoms with Crippen LogP contribution in [0.5, 0.6) is 0 Å². The molecule has 1 aromatic carbocycles. The van der Waals surface area contributed by atoms with E-state index in [4.69, 9.17) is 5.73 Å². The number of nitrogens with two attached hydrogens (primary N) is 1. The minimum Gasteiger partial charge on any atom is -0.324 e. The van der Waals surface area contributed by atoms with Gasteiger partial charge in [0.1, 0.15) is 0 Å². The molecule has 1 fully saturated rings. The Hall–Kier alpha value is -1.00. The van der Waals surface area contributed by atoms with Gasteiger partial charge in [-0.1, -0.05) is 6.07 Å². The van der Waals surface area contributed by atoms with Crippen LogP contribution in [0.1, 0.15) is 30.9 Å². The predicted molar refractivity (Wildman–Crippen MR) is 58.9 cm³/mol. The van der Waals surface area contributed by atoms with Crippen LogP contribution in [0.3, 0.4) is 0 Å². The van der Waals surface area contributed by atoms with Gasteiger partial charge in [-0.3, -0.25) is 0 Å². The SMILES string of the molecule is NC(CC1CCCN1)c1ccc(F)c(F)c1.